The maximum Gasteiger partial charge on any atom is 0.262 e. The van der Waals surface area contributed by atoms with E-state index in [9.17, 15) is 9.90 Å². The summed E-state index contributed by atoms with van der Waals surface area (Å²) < 4.78 is 5.36. The maximum atomic E-state index is 11.8. The van der Waals surface area contributed by atoms with Crippen LogP contribution in [0.15, 0.2) is 54.6 Å². The molecule has 0 aliphatic rings. The zero-order chi connectivity index (χ0) is 14.4. The van der Waals surface area contributed by atoms with Gasteiger partial charge in [-0.25, -0.2) is 0 Å². The summed E-state index contributed by atoms with van der Waals surface area (Å²) in [6.45, 7) is 1.63. The lowest BCUT2D eigenvalue weighted by Gasteiger charge is -2.10. The van der Waals surface area contributed by atoms with Crippen molar-refractivity contribution in [3.63, 3.8) is 0 Å². The van der Waals surface area contributed by atoms with Crippen molar-refractivity contribution < 1.29 is 14.6 Å². The van der Waals surface area contributed by atoms with Gasteiger partial charge in [0.25, 0.3) is 5.91 Å². The van der Waals surface area contributed by atoms with Crippen LogP contribution in [0, 0.1) is 0 Å². The Kier molecular flexibility index (Phi) is 4.74. The first-order chi connectivity index (χ1) is 9.65. The van der Waals surface area contributed by atoms with Crippen molar-refractivity contribution in [3.8, 4) is 5.75 Å². The van der Waals surface area contributed by atoms with E-state index in [1.807, 2.05) is 18.2 Å². The molecule has 1 atom stereocenters. The lowest BCUT2D eigenvalue weighted by Crippen LogP contribution is -2.20. The number of carbonyl (C=O) groups is 1. The maximum absolute atomic E-state index is 11.8. The van der Waals surface area contributed by atoms with Gasteiger partial charge in [0.05, 0.1) is 6.10 Å². The Morgan fingerprint density at radius 3 is 2.65 bits per heavy atom. The number of rotatable bonds is 5. The third kappa shape index (κ3) is 4.10. The number of nitrogens with one attached hydrogen (secondary N) is 1. The lowest BCUT2D eigenvalue weighted by molar-refractivity contribution is -0.118. The topological polar surface area (TPSA) is 58.6 Å². The molecule has 20 heavy (non-hydrogen) atoms. The van der Waals surface area contributed by atoms with Crippen molar-refractivity contribution in [2.45, 2.75) is 13.0 Å². The Balaban J connectivity index is 1.90. The number of amides is 1. The number of ether oxygens (including phenoxy) is 1. The van der Waals surface area contributed by atoms with Gasteiger partial charge in [-0.15, -0.1) is 0 Å². The van der Waals surface area contributed by atoms with Gasteiger partial charge >= 0.3 is 0 Å². The number of hydrogen-bond acceptors (Lipinski definition) is 3. The summed E-state index contributed by atoms with van der Waals surface area (Å²) in [5.74, 6) is 0.414. The van der Waals surface area contributed by atoms with E-state index in [0.717, 1.165) is 5.56 Å². The molecule has 0 aliphatic heterocycles. The van der Waals surface area contributed by atoms with Crippen molar-refractivity contribution in [2.24, 2.45) is 0 Å². The highest BCUT2D eigenvalue weighted by Crippen LogP contribution is 2.17. The number of carbonyl (C=O) groups excluding carboxylic acids is 1. The third-order valence-electron chi connectivity index (χ3n) is 2.77. The van der Waals surface area contributed by atoms with Gasteiger partial charge in [0, 0.05) is 5.69 Å². The average molecular weight is 271 g/mol. The predicted molar refractivity (Wildman–Crippen MR) is 77.6 cm³/mol. The van der Waals surface area contributed by atoms with Crippen LogP contribution in [0.2, 0.25) is 0 Å². The van der Waals surface area contributed by atoms with E-state index in [0.29, 0.717) is 11.4 Å². The first-order valence-corrected chi connectivity index (χ1v) is 6.41. The molecule has 0 spiro atoms. The number of aliphatic hydroxyl groups is 1. The zero-order valence-corrected chi connectivity index (χ0v) is 11.2. The SMILES string of the molecule is CC(O)c1cccc(NC(=O)COc2ccccc2)c1. The van der Waals surface area contributed by atoms with Gasteiger partial charge in [-0.1, -0.05) is 30.3 Å². The molecule has 0 aromatic heterocycles. The number of para-hydroxylation sites is 1. The smallest absolute Gasteiger partial charge is 0.262 e. The Morgan fingerprint density at radius 1 is 1.20 bits per heavy atom. The van der Waals surface area contributed by atoms with Crippen LogP contribution in [-0.2, 0) is 4.79 Å². The number of benzene rings is 2. The van der Waals surface area contributed by atoms with Crippen molar-refractivity contribution in [3.05, 3.63) is 60.2 Å². The summed E-state index contributed by atoms with van der Waals surface area (Å²) in [4.78, 5) is 11.8. The molecular weight excluding hydrogens is 254 g/mol. The fraction of sp³-hybridized carbons (Fsp3) is 0.188. The van der Waals surface area contributed by atoms with Crippen LogP contribution in [0.4, 0.5) is 5.69 Å². The van der Waals surface area contributed by atoms with E-state index < -0.39 is 6.10 Å². The van der Waals surface area contributed by atoms with Crippen LogP contribution in [0.1, 0.15) is 18.6 Å². The molecule has 2 aromatic carbocycles. The molecule has 4 nitrogen and oxygen atoms in total. The normalized spacial score (nSPS) is 11.7. The average Bonchev–Trinajstić information content (AvgIpc) is 2.46. The predicted octanol–water partition coefficient (Wildman–Crippen LogP) is 2.76. The minimum atomic E-state index is -0.563. The Morgan fingerprint density at radius 2 is 1.95 bits per heavy atom. The Bertz CT molecular complexity index is 567. The van der Waals surface area contributed by atoms with E-state index in [1.165, 1.54) is 0 Å². The van der Waals surface area contributed by atoms with Crippen LogP contribution in [0.25, 0.3) is 0 Å². The molecule has 0 saturated heterocycles. The molecule has 104 valence electrons. The highest BCUT2D eigenvalue weighted by atomic mass is 16.5. The fourth-order valence-corrected chi connectivity index (χ4v) is 1.74. The lowest BCUT2D eigenvalue weighted by atomic mass is 10.1. The van der Waals surface area contributed by atoms with Gasteiger partial charge in [-0.3, -0.25) is 4.79 Å². The largest absolute Gasteiger partial charge is 0.484 e. The second-order valence-electron chi connectivity index (χ2n) is 4.45. The third-order valence-corrected chi connectivity index (χ3v) is 2.77. The van der Waals surface area contributed by atoms with E-state index in [2.05, 4.69) is 5.32 Å². The van der Waals surface area contributed by atoms with Crippen molar-refractivity contribution in [1.29, 1.82) is 0 Å². The highest BCUT2D eigenvalue weighted by molar-refractivity contribution is 5.91. The van der Waals surface area contributed by atoms with Crippen molar-refractivity contribution in [1.82, 2.24) is 0 Å². The van der Waals surface area contributed by atoms with Gasteiger partial charge in [-0.05, 0) is 36.8 Å². The van der Waals surface area contributed by atoms with Crippen LogP contribution in [-0.4, -0.2) is 17.6 Å². The molecule has 0 bridgehead atoms. The van der Waals surface area contributed by atoms with E-state index in [-0.39, 0.29) is 12.5 Å². The van der Waals surface area contributed by atoms with Crippen LogP contribution in [0.3, 0.4) is 0 Å². The summed E-state index contributed by atoms with van der Waals surface area (Å²) >= 11 is 0. The van der Waals surface area contributed by atoms with Crippen molar-refractivity contribution >= 4 is 11.6 Å². The molecule has 4 heteroatoms. The number of aliphatic hydroxyl groups excluding tert-OH is 1. The summed E-state index contributed by atoms with van der Waals surface area (Å²) in [5, 5.41) is 12.2. The second kappa shape index (κ2) is 6.73. The molecule has 0 radical (unpaired) electrons. The summed E-state index contributed by atoms with van der Waals surface area (Å²) in [5.41, 5.74) is 1.40. The van der Waals surface area contributed by atoms with Crippen LogP contribution < -0.4 is 10.1 Å². The number of hydrogen-bond donors (Lipinski definition) is 2. The fourth-order valence-electron chi connectivity index (χ4n) is 1.74. The molecule has 0 fully saturated rings. The monoisotopic (exact) mass is 271 g/mol. The number of anilines is 1. The first kappa shape index (κ1) is 14.1. The first-order valence-electron chi connectivity index (χ1n) is 6.41. The molecule has 2 N–H and O–H groups in total. The highest BCUT2D eigenvalue weighted by Gasteiger charge is 2.06. The van der Waals surface area contributed by atoms with Gasteiger partial charge in [0.1, 0.15) is 5.75 Å². The molecule has 2 aromatic rings. The van der Waals surface area contributed by atoms with Gasteiger partial charge in [0.2, 0.25) is 0 Å². The minimum absolute atomic E-state index is 0.0527. The minimum Gasteiger partial charge on any atom is -0.484 e. The quantitative estimate of drug-likeness (QED) is 0.879. The Hall–Kier alpha value is -2.33. The van der Waals surface area contributed by atoms with E-state index in [1.54, 1.807) is 43.3 Å². The van der Waals surface area contributed by atoms with Gasteiger partial charge in [-0.2, -0.15) is 0 Å². The van der Waals surface area contributed by atoms with E-state index >= 15 is 0 Å². The molecule has 0 heterocycles. The van der Waals surface area contributed by atoms with Crippen molar-refractivity contribution in [2.75, 3.05) is 11.9 Å². The van der Waals surface area contributed by atoms with Gasteiger partial charge in [0.15, 0.2) is 6.61 Å². The summed E-state index contributed by atoms with van der Waals surface area (Å²) in [6.07, 6.45) is -0.563. The van der Waals surface area contributed by atoms with Crippen LogP contribution >= 0.6 is 0 Å². The summed E-state index contributed by atoms with van der Waals surface area (Å²) in [6, 6.07) is 16.3. The second-order valence-corrected chi connectivity index (χ2v) is 4.45. The Labute approximate surface area is 118 Å². The summed E-state index contributed by atoms with van der Waals surface area (Å²) in [7, 11) is 0. The molecule has 0 saturated carbocycles. The van der Waals surface area contributed by atoms with Crippen LogP contribution in [0.5, 0.6) is 5.75 Å². The zero-order valence-electron chi connectivity index (χ0n) is 11.2. The van der Waals surface area contributed by atoms with Gasteiger partial charge < -0.3 is 15.2 Å². The molecule has 2 rings (SSSR count). The molecule has 1 amide bonds. The molecule has 0 aliphatic carbocycles. The standard InChI is InChI=1S/C16H17NO3/c1-12(18)13-6-5-7-14(10-13)17-16(19)11-20-15-8-3-2-4-9-15/h2-10,12,18H,11H2,1H3,(H,17,19). The molecular formula is C16H17NO3. The molecule has 1 unspecified atom stereocenters. The van der Waals surface area contributed by atoms with E-state index in [4.69, 9.17) is 4.74 Å².